The zero-order valence-corrected chi connectivity index (χ0v) is 14.3. The third kappa shape index (κ3) is 4.82. The standard InChI is InChI=1S/C19H23F2N3O/c1-23-9-11-24(12-10-23)16-7-8-18(25-19(20)21)17(13-16)22-14-15-5-3-2-4-6-15/h2-8,13,19,22H,9-12,14H2,1H3. The van der Waals surface area contributed by atoms with Gasteiger partial charge in [-0.25, -0.2) is 0 Å². The zero-order valence-electron chi connectivity index (χ0n) is 14.3. The molecule has 0 amide bonds. The molecule has 1 aliphatic heterocycles. The highest BCUT2D eigenvalue weighted by Gasteiger charge is 2.17. The van der Waals surface area contributed by atoms with Crippen LogP contribution in [0, 0.1) is 0 Å². The number of piperazine rings is 1. The van der Waals surface area contributed by atoms with Crippen molar-refractivity contribution >= 4 is 11.4 Å². The van der Waals surface area contributed by atoms with Gasteiger partial charge in [0, 0.05) is 38.4 Å². The fourth-order valence-electron chi connectivity index (χ4n) is 2.91. The highest BCUT2D eigenvalue weighted by molar-refractivity contribution is 5.66. The Morgan fingerprint density at radius 3 is 2.44 bits per heavy atom. The molecule has 0 aliphatic carbocycles. The van der Waals surface area contributed by atoms with E-state index in [1.807, 2.05) is 42.5 Å². The molecule has 0 unspecified atom stereocenters. The monoisotopic (exact) mass is 347 g/mol. The minimum Gasteiger partial charge on any atom is -0.433 e. The van der Waals surface area contributed by atoms with Gasteiger partial charge in [-0.2, -0.15) is 8.78 Å². The number of hydrogen-bond acceptors (Lipinski definition) is 4. The molecular weight excluding hydrogens is 324 g/mol. The number of likely N-dealkylation sites (N-methyl/N-ethyl adjacent to an activating group) is 1. The molecule has 0 bridgehead atoms. The van der Waals surface area contributed by atoms with E-state index in [-0.39, 0.29) is 5.75 Å². The molecule has 2 aromatic carbocycles. The van der Waals surface area contributed by atoms with Crippen LogP contribution < -0.4 is 15.0 Å². The summed E-state index contributed by atoms with van der Waals surface area (Å²) < 4.78 is 30.1. The summed E-state index contributed by atoms with van der Waals surface area (Å²) in [4.78, 5) is 4.54. The Hall–Kier alpha value is -2.34. The van der Waals surface area contributed by atoms with Gasteiger partial charge in [-0.1, -0.05) is 30.3 Å². The Labute approximate surface area is 147 Å². The van der Waals surface area contributed by atoms with Crippen molar-refractivity contribution in [3.8, 4) is 5.75 Å². The van der Waals surface area contributed by atoms with Crippen LogP contribution in [0.5, 0.6) is 5.75 Å². The molecule has 3 rings (SSSR count). The molecule has 1 heterocycles. The lowest BCUT2D eigenvalue weighted by Gasteiger charge is -2.34. The predicted molar refractivity (Wildman–Crippen MR) is 96.6 cm³/mol. The van der Waals surface area contributed by atoms with Gasteiger partial charge < -0.3 is 19.9 Å². The van der Waals surface area contributed by atoms with E-state index in [2.05, 4.69) is 26.9 Å². The fraction of sp³-hybridized carbons (Fsp3) is 0.368. The van der Waals surface area contributed by atoms with Gasteiger partial charge in [-0.05, 0) is 30.8 Å². The number of hydrogen-bond donors (Lipinski definition) is 1. The van der Waals surface area contributed by atoms with Gasteiger partial charge in [0.2, 0.25) is 0 Å². The second-order valence-corrected chi connectivity index (χ2v) is 6.19. The van der Waals surface area contributed by atoms with Gasteiger partial charge in [-0.15, -0.1) is 0 Å². The summed E-state index contributed by atoms with van der Waals surface area (Å²) >= 11 is 0. The van der Waals surface area contributed by atoms with Crippen LogP contribution in [0.3, 0.4) is 0 Å². The predicted octanol–water partition coefficient (Wildman–Crippen LogP) is 3.65. The van der Waals surface area contributed by atoms with E-state index in [4.69, 9.17) is 0 Å². The molecule has 25 heavy (non-hydrogen) atoms. The van der Waals surface area contributed by atoms with Crippen LogP contribution in [0.1, 0.15) is 5.56 Å². The van der Waals surface area contributed by atoms with Gasteiger partial charge in [-0.3, -0.25) is 0 Å². The number of alkyl halides is 2. The number of halogens is 2. The zero-order chi connectivity index (χ0) is 17.6. The summed E-state index contributed by atoms with van der Waals surface area (Å²) in [6.45, 7) is 1.52. The maximum absolute atomic E-state index is 12.7. The average molecular weight is 347 g/mol. The number of ether oxygens (including phenoxy) is 1. The maximum atomic E-state index is 12.7. The highest BCUT2D eigenvalue weighted by Crippen LogP contribution is 2.32. The highest BCUT2D eigenvalue weighted by atomic mass is 19.3. The van der Waals surface area contributed by atoms with Crippen molar-refractivity contribution in [3.05, 3.63) is 54.1 Å². The van der Waals surface area contributed by atoms with Crippen molar-refractivity contribution < 1.29 is 13.5 Å². The summed E-state index contributed by atoms with van der Waals surface area (Å²) in [7, 11) is 2.10. The lowest BCUT2D eigenvalue weighted by molar-refractivity contribution is -0.0493. The van der Waals surface area contributed by atoms with E-state index < -0.39 is 6.61 Å². The first-order chi connectivity index (χ1) is 12.1. The summed E-state index contributed by atoms with van der Waals surface area (Å²) in [5, 5.41) is 3.23. The van der Waals surface area contributed by atoms with Crippen molar-refractivity contribution in [1.82, 2.24) is 4.90 Å². The smallest absolute Gasteiger partial charge is 0.387 e. The number of nitrogens with zero attached hydrogens (tertiary/aromatic N) is 2. The van der Waals surface area contributed by atoms with E-state index >= 15 is 0 Å². The van der Waals surface area contributed by atoms with Crippen molar-refractivity contribution in [2.24, 2.45) is 0 Å². The molecule has 134 valence electrons. The van der Waals surface area contributed by atoms with Crippen LogP contribution in [0.15, 0.2) is 48.5 Å². The van der Waals surface area contributed by atoms with Gasteiger partial charge in [0.1, 0.15) is 5.75 Å². The quantitative estimate of drug-likeness (QED) is 0.863. The molecule has 0 radical (unpaired) electrons. The second kappa shape index (κ2) is 8.16. The number of anilines is 2. The van der Waals surface area contributed by atoms with E-state index in [1.54, 1.807) is 6.07 Å². The Morgan fingerprint density at radius 1 is 1.04 bits per heavy atom. The number of rotatable bonds is 6. The van der Waals surface area contributed by atoms with E-state index in [9.17, 15) is 8.78 Å². The van der Waals surface area contributed by atoms with E-state index in [0.29, 0.717) is 12.2 Å². The summed E-state index contributed by atoms with van der Waals surface area (Å²) in [6, 6.07) is 15.2. The molecule has 2 aromatic rings. The fourth-order valence-corrected chi connectivity index (χ4v) is 2.91. The third-order valence-electron chi connectivity index (χ3n) is 4.37. The van der Waals surface area contributed by atoms with Crippen LogP contribution in [0.25, 0.3) is 0 Å². The van der Waals surface area contributed by atoms with E-state index in [1.165, 1.54) is 0 Å². The van der Waals surface area contributed by atoms with Crippen LogP contribution in [0.2, 0.25) is 0 Å². The third-order valence-corrected chi connectivity index (χ3v) is 4.37. The maximum Gasteiger partial charge on any atom is 0.387 e. The Morgan fingerprint density at radius 2 is 1.76 bits per heavy atom. The van der Waals surface area contributed by atoms with Crippen molar-refractivity contribution in [2.75, 3.05) is 43.4 Å². The lowest BCUT2D eigenvalue weighted by atomic mass is 10.2. The molecule has 1 aliphatic rings. The Balaban J connectivity index is 1.77. The Kier molecular flexibility index (Phi) is 5.71. The number of nitrogens with one attached hydrogen (secondary N) is 1. The van der Waals surface area contributed by atoms with Gasteiger partial charge >= 0.3 is 6.61 Å². The first-order valence-corrected chi connectivity index (χ1v) is 8.42. The molecule has 0 aromatic heterocycles. The normalized spacial score (nSPS) is 15.4. The molecule has 0 saturated carbocycles. The molecule has 1 saturated heterocycles. The van der Waals surface area contributed by atoms with Crippen LogP contribution in [0.4, 0.5) is 20.2 Å². The van der Waals surface area contributed by atoms with Crippen molar-refractivity contribution in [2.45, 2.75) is 13.2 Å². The van der Waals surface area contributed by atoms with Crippen LogP contribution in [-0.2, 0) is 6.54 Å². The van der Waals surface area contributed by atoms with Crippen molar-refractivity contribution in [1.29, 1.82) is 0 Å². The Bertz CT molecular complexity index is 674. The van der Waals surface area contributed by atoms with E-state index in [0.717, 1.165) is 37.4 Å². The molecule has 0 spiro atoms. The molecule has 1 fully saturated rings. The lowest BCUT2D eigenvalue weighted by Crippen LogP contribution is -2.44. The largest absolute Gasteiger partial charge is 0.433 e. The van der Waals surface area contributed by atoms with Crippen LogP contribution >= 0.6 is 0 Å². The average Bonchev–Trinajstić information content (AvgIpc) is 2.62. The molecule has 1 N–H and O–H groups in total. The summed E-state index contributed by atoms with van der Waals surface area (Å²) in [5.41, 5.74) is 2.68. The topological polar surface area (TPSA) is 27.7 Å². The minimum atomic E-state index is -2.84. The number of benzene rings is 2. The first kappa shape index (κ1) is 17.5. The SMILES string of the molecule is CN1CCN(c2ccc(OC(F)F)c(NCc3ccccc3)c2)CC1. The van der Waals surface area contributed by atoms with Gasteiger partial charge in [0.05, 0.1) is 5.69 Å². The first-order valence-electron chi connectivity index (χ1n) is 8.42. The molecule has 0 atom stereocenters. The molecule has 4 nitrogen and oxygen atoms in total. The van der Waals surface area contributed by atoms with Gasteiger partial charge in [0.25, 0.3) is 0 Å². The van der Waals surface area contributed by atoms with Crippen LogP contribution in [-0.4, -0.2) is 44.7 Å². The molecular formula is C19H23F2N3O. The minimum absolute atomic E-state index is 0.170. The molecule has 6 heteroatoms. The van der Waals surface area contributed by atoms with Gasteiger partial charge in [0.15, 0.2) is 0 Å². The van der Waals surface area contributed by atoms with Crippen molar-refractivity contribution in [3.63, 3.8) is 0 Å². The summed E-state index contributed by atoms with van der Waals surface area (Å²) in [6.07, 6.45) is 0. The summed E-state index contributed by atoms with van der Waals surface area (Å²) in [5.74, 6) is 0.170. The second-order valence-electron chi connectivity index (χ2n) is 6.19.